The lowest BCUT2D eigenvalue weighted by Crippen LogP contribution is -2.31. The SMILES string of the molecule is COC(C)(CS(=O)O)c1ccccc1. The van der Waals surface area contributed by atoms with E-state index in [0.29, 0.717) is 0 Å². The lowest BCUT2D eigenvalue weighted by atomic mass is 9.98. The molecule has 0 aliphatic heterocycles. The fourth-order valence-electron chi connectivity index (χ4n) is 1.29. The molecule has 4 heteroatoms. The van der Waals surface area contributed by atoms with E-state index in [1.165, 1.54) is 0 Å². The highest BCUT2D eigenvalue weighted by molar-refractivity contribution is 7.79. The highest BCUT2D eigenvalue weighted by Crippen LogP contribution is 2.24. The third kappa shape index (κ3) is 2.64. The summed E-state index contributed by atoms with van der Waals surface area (Å²) in [5.41, 5.74) is 0.214. The molecule has 0 saturated heterocycles. The third-order valence-electron chi connectivity index (χ3n) is 2.23. The number of ether oxygens (including phenoxy) is 1. The monoisotopic (exact) mass is 214 g/mol. The molecule has 0 fully saturated rings. The first-order chi connectivity index (χ1) is 6.58. The molecule has 1 aromatic rings. The van der Waals surface area contributed by atoms with Gasteiger partial charge in [0.05, 0.1) is 5.75 Å². The summed E-state index contributed by atoms with van der Waals surface area (Å²) in [5, 5.41) is 0. The zero-order valence-electron chi connectivity index (χ0n) is 8.27. The average Bonchev–Trinajstić information content (AvgIpc) is 2.18. The second kappa shape index (κ2) is 4.68. The van der Waals surface area contributed by atoms with Crippen LogP contribution in [0.4, 0.5) is 0 Å². The van der Waals surface area contributed by atoms with Crippen molar-refractivity contribution >= 4 is 11.1 Å². The molecule has 1 aromatic carbocycles. The van der Waals surface area contributed by atoms with Crippen LogP contribution in [0.3, 0.4) is 0 Å². The number of methoxy groups -OCH3 is 1. The molecule has 1 rings (SSSR count). The normalized spacial score (nSPS) is 17.4. The van der Waals surface area contributed by atoms with Crippen molar-refractivity contribution in [1.29, 1.82) is 0 Å². The molecular formula is C10H14O3S. The maximum Gasteiger partial charge on any atom is 0.156 e. The van der Waals surface area contributed by atoms with Gasteiger partial charge in [0.25, 0.3) is 0 Å². The van der Waals surface area contributed by atoms with Crippen molar-refractivity contribution in [2.24, 2.45) is 0 Å². The van der Waals surface area contributed by atoms with Crippen molar-refractivity contribution < 1.29 is 13.5 Å². The molecule has 0 spiro atoms. The van der Waals surface area contributed by atoms with E-state index < -0.39 is 16.7 Å². The molecule has 0 aliphatic rings. The van der Waals surface area contributed by atoms with Crippen LogP contribution >= 0.6 is 0 Å². The predicted octanol–water partition coefficient (Wildman–Crippen LogP) is 1.77. The lowest BCUT2D eigenvalue weighted by molar-refractivity contribution is 0.0220. The summed E-state index contributed by atoms with van der Waals surface area (Å²) in [4.78, 5) is 0. The standard InChI is InChI=1S/C10H14O3S/c1-10(13-2,8-14(11)12)9-6-4-3-5-7-9/h3-7H,8H2,1-2H3,(H,11,12). The topological polar surface area (TPSA) is 46.5 Å². The van der Waals surface area contributed by atoms with Crippen molar-refractivity contribution in [2.75, 3.05) is 12.9 Å². The maximum atomic E-state index is 10.8. The summed E-state index contributed by atoms with van der Waals surface area (Å²) in [7, 11) is 1.54. The van der Waals surface area contributed by atoms with Gasteiger partial charge in [0.1, 0.15) is 5.60 Å². The van der Waals surface area contributed by atoms with Gasteiger partial charge in [-0.05, 0) is 12.5 Å². The summed E-state index contributed by atoms with van der Waals surface area (Å²) in [6, 6.07) is 9.43. The Kier molecular flexibility index (Phi) is 3.80. The van der Waals surface area contributed by atoms with Gasteiger partial charge in [-0.25, -0.2) is 4.21 Å². The van der Waals surface area contributed by atoms with Crippen molar-refractivity contribution in [1.82, 2.24) is 0 Å². The number of hydrogen-bond acceptors (Lipinski definition) is 2. The van der Waals surface area contributed by atoms with E-state index in [0.717, 1.165) is 5.56 Å². The number of rotatable bonds is 4. The Hall–Kier alpha value is -0.710. The maximum absolute atomic E-state index is 10.8. The van der Waals surface area contributed by atoms with E-state index in [9.17, 15) is 4.21 Å². The van der Waals surface area contributed by atoms with Gasteiger partial charge < -0.3 is 9.29 Å². The predicted molar refractivity (Wildman–Crippen MR) is 56.4 cm³/mol. The van der Waals surface area contributed by atoms with E-state index in [2.05, 4.69) is 0 Å². The Bertz CT molecular complexity index is 312. The summed E-state index contributed by atoms with van der Waals surface area (Å²) < 4.78 is 24.9. The molecule has 14 heavy (non-hydrogen) atoms. The van der Waals surface area contributed by atoms with Crippen molar-refractivity contribution in [2.45, 2.75) is 12.5 Å². The second-order valence-electron chi connectivity index (χ2n) is 3.27. The Balaban J connectivity index is 2.95. The van der Waals surface area contributed by atoms with E-state index in [1.54, 1.807) is 14.0 Å². The number of benzene rings is 1. The Morgan fingerprint density at radius 1 is 1.43 bits per heavy atom. The first-order valence-electron chi connectivity index (χ1n) is 4.26. The van der Waals surface area contributed by atoms with Gasteiger partial charge >= 0.3 is 0 Å². The average molecular weight is 214 g/mol. The fraction of sp³-hybridized carbons (Fsp3) is 0.400. The van der Waals surface area contributed by atoms with Crippen LogP contribution in [0.25, 0.3) is 0 Å². The molecule has 0 radical (unpaired) electrons. The summed E-state index contributed by atoms with van der Waals surface area (Å²) in [5.74, 6) is 0.0769. The molecule has 78 valence electrons. The van der Waals surface area contributed by atoms with Crippen LogP contribution < -0.4 is 0 Å². The zero-order valence-corrected chi connectivity index (χ0v) is 9.08. The smallest absolute Gasteiger partial charge is 0.156 e. The van der Waals surface area contributed by atoms with Crippen LogP contribution in [0, 0.1) is 0 Å². The molecule has 0 bridgehead atoms. The van der Waals surface area contributed by atoms with Crippen molar-refractivity contribution in [3.63, 3.8) is 0 Å². The molecule has 3 nitrogen and oxygen atoms in total. The Morgan fingerprint density at radius 3 is 2.43 bits per heavy atom. The molecule has 2 atom stereocenters. The summed E-state index contributed by atoms with van der Waals surface area (Å²) >= 11 is -1.86. The van der Waals surface area contributed by atoms with Crippen LogP contribution in [-0.4, -0.2) is 21.6 Å². The first kappa shape index (κ1) is 11.4. The number of hydrogen-bond donors (Lipinski definition) is 1. The van der Waals surface area contributed by atoms with Gasteiger partial charge in [-0.1, -0.05) is 30.3 Å². The highest BCUT2D eigenvalue weighted by Gasteiger charge is 2.28. The molecule has 0 aromatic heterocycles. The van der Waals surface area contributed by atoms with Gasteiger partial charge in [0.2, 0.25) is 0 Å². The molecule has 1 N–H and O–H groups in total. The van der Waals surface area contributed by atoms with Crippen LogP contribution in [0.1, 0.15) is 12.5 Å². The summed E-state index contributed by atoms with van der Waals surface area (Å²) in [6.07, 6.45) is 0. The molecule has 2 unspecified atom stereocenters. The molecule has 0 heterocycles. The van der Waals surface area contributed by atoms with Gasteiger partial charge in [-0.15, -0.1) is 0 Å². The van der Waals surface area contributed by atoms with E-state index in [4.69, 9.17) is 9.29 Å². The zero-order chi connectivity index (χ0) is 10.6. The Morgan fingerprint density at radius 2 is 2.00 bits per heavy atom. The largest absolute Gasteiger partial charge is 0.373 e. The highest BCUT2D eigenvalue weighted by atomic mass is 32.2. The first-order valence-corrected chi connectivity index (χ1v) is 5.54. The lowest BCUT2D eigenvalue weighted by Gasteiger charge is -2.26. The molecule has 0 amide bonds. The Labute approximate surface area is 86.4 Å². The fourth-order valence-corrected chi connectivity index (χ4v) is 2.04. The van der Waals surface area contributed by atoms with Crippen LogP contribution in [-0.2, 0) is 21.4 Å². The van der Waals surface area contributed by atoms with Gasteiger partial charge in [-0.2, -0.15) is 0 Å². The van der Waals surface area contributed by atoms with Gasteiger partial charge in [0, 0.05) is 7.11 Å². The van der Waals surface area contributed by atoms with E-state index >= 15 is 0 Å². The molecule has 0 saturated carbocycles. The second-order valence-corrected chi connectivity index (χ2v) is 4.20. The minimum atomic E-state index is -1.86. The molecule has 0 aliphatic carbocycles. The quantitative estimate of drug-likeness (QED) is 0.777. The minimum absolute atomic E-state index is 0.0769. The van der Waals surface area contributed by atoms with E-state index in [-0.39, 0.29) is 5.75 Å². The molecular weight excluding hydrogens is 200 g/mol. The van der Waals surface area contributed by atoms with Gasteiger partial charge in [0.15, 0.2) is 11.1 Å². The van der Waals surface area contributed by atoms with Crippen molar-refractivity contribution in [3.05, 3.63) is 35.9 Å². The van der Waals surface area contributed by atoms with Crippen LogP contribution in [0.5, 0.6) is 0 Å². The van der Waals surface area contributed by atoms with E-state index in [1.807, 2.05) is 30.3 Å². The summed E-state index contributed by atoms with van der Waals surface area (Å²) in [6.45, 7) is 1.80. The third-order valence-corrected chi connectivity index (χ3v) is 3.03. The van der Waals surface area contributed by atoms with Crippen molar-refractivity contribution in [3.8, 4) is 0 Å². The van der Waals surface area contributed by atoms with Crippen LogP contribution in [0.2, 0.25) is 0 Å². The van der Waals surface area contributed by atoms with Gasteiger partial charge in [-0.3, -0.25) is 0 Å². The minimum Gasteiger partial charge on any atom is -0.373 e. The van der Waals surface area contributed by atoms with Crippen LogP contribution in [0.15, 0.2) is 30.3 Å².